The zero-order valence-corrected chi connectivity index (χ0v) is 12.5. The summed E-state index contributed by atoms with van der Waals surface area (Å²) in [6.45, 7) is 13.0. The van der Waals surface area contributed by atoms with Crippen LogP contribution in [0.25, 0.3) is 0 Å². The van der Waals surface area contributed by atoms with Crippen LogP contribution in [0.4, 0.5) is 0 Å². The van der Waals surface area contributed by atoms with Crippen molar-refractivity contribution in [2.75, 3.05) is 13.2 Å². The predicted octanol–water partition coefficient (Wildman–Crippen LogP) is 2.82. The Hall–Kier alpha value is -1.02. The largest absolute Gasteiger partial charge is 0.493 e. The molecule has 0 atom stereocenters. The van der Waals surface area contributed by atoms with E-state index in [0.717, 1.165) is 18.8 Å². The van der Waals surface area contributed by atoms with Gasteiger partial charge in [-0.15, -0.1) is 0 Å². The molecule has 0 unspecified atom stereocenters. The fraction of sp³-hybridized carbons (Fsp3) is 0.625. The smallest absolute Gasteiger partial charge is 0.122 e. The molecule has 0 radical (unpaired) electrons. The maximum absolute atomic E-state index is 5.81. The Morgan fingerprint density at radius 3 is 2.44 bits per heavy atom. The molecule has 0 bridgehead atoms. The molecule has 2 heteroatoms. The zero-order chi connectivity index (χ0) is 13.6. The molecule has 0 amide bonds. The molecule has 2 nitrogen and oxygen atoms in total. The highest BCUT2D eigenvalue weighted by Crippen LogP contribution is 2.18. The van der Waals surface area contributed by atoms with E-state index in [-0.39, 0.29) is 0 Å². The minimum absolute atomic E-state index is 0.342. The number of hydrogen-bond acceptors (Lipinski definition) is 1. The summed E-state index contributed by atoms with van der Waals surface area (Å²) in [4.78, 5) is 0. The molecule has 0 saturated carbocycles. The molecule has 1 rings (SSSR count). The van der Waals surface area contributed by atoms with Gasteiger partial charge >= 0.3 is 0 Å². The highest BCUT2D eigenvalue weighted by Gasteiger charge is 2.11. The average Bonchev–Trinajstić information content (AvgIpc) is 2.24. The summed E-state index contributed by atoms with van der Waals surface area (Å²) in [6, 6.07) is 6.35. The van der Waals surface area contributed by atoms with E-state index in [1.165, 1.54) is 24.1 Å². The number of quaternary nitrogens is 1. The Morgan fingerprint density at radius 1 is 1.11 bits per heavy atom. The van der Waals surface area contributed by atoms with Crippen molar-refractivity contribution < 1.29 is 10.1 Å². The molecule has 1 aromatic carbocycles. The van der Waals surface area contributed by atoms with Gasteiger partial charge in [-0.2, -0.15) is 0 Å². The third kappa shape index (κ3) is 6.06. The second kappa shape index (κ2) is 6.79. The molecule has 0 fully saturated rings. The van der Waals surface area contributed by atoms with Crippen LogP contribution in [0.2, 0.25) is 0 Å². The van der Waals surface area contributed by atoms with Gasteiger partial charge in [-0.1, -0.05) is 17.7 Å². The normalized spacial score (nSPS) is 11.6. The van der Waals surface area contributed by atoms with Crippen molar-refractivity contribution in [3.8, 4) is 5.75 Å². The monoisotopic (exact) mass is 250 g/mol. The van der Waals surface area contributed by atoms with Gasteiger partial charge in [0.25, 0.3) is 0 Å². The van der Waals surface area contributed by atoms with Crippen LogP contribution in [0.5, 0.6) is 5.75 Å². The molecule has 1 aromatic rings. The first kappa shape index (κ1) is 15.0. The lowest BCUT2D eigenvalue weighted by Crippen LogP contribution is -2.94. The zero-order valence-electron chi connectivity index (χ0n) is 12.5. The van der Waals surface area contributed by atoms with Crippen LogP contribution in [-0.2, 0) is 0 Å². The molecule has 0 aliphatic heterocycles. The Bertz CT molecular complexity index is 366. The van der Waals surface area contributed by atoms with Crippen molar-refractivity contribution in [1.29, 1.82) is 0 Å². The topological polar surface area (TPSA) is 25.8 Å². The first-order valence-electron chi connectivity index (χ1n) is 6.93. The number of hydrogen-bond donors (Lipinski definition) is 1. The van der Waals surface area contributed by atoms with Crippen molar-refractivity contribution in [2.45, 2.75) is 53.0 Å². The summed E-state index contributed by atoms with van der Waals surface area (Å²) in [7, 11) is 0. The third-order valence-electron chi connectivity index (χ3n) is 2.94. The van der Waals surface area contributed by atoms with E-state index in [9.17, 15) is 0 Å². The van der Waals surface area contributed by atoms with Crippen LogP contribution in [0, 0.1) is 13.8 Å². The van der Waals surface area contributed by atoms with Crippen LogP contribution in [0.15, 0.2) is 18.2 Å². The van der Waals surface area contributed by atoms with Crippen LogP contribution in [0.3, 0.4) is 0 Å². The van der Waals surface area contributed by atoms with Gasteiger partial charge in [0.1, 0.15) is 5.75 Å². The van der Waals surface area contributed by atoms with Crippen molar-refractivity contribution in [3.05, 3.63) is 29.3 Å². The third-order valence-corrected chi connectivity index (χ3v) is 2.94. The first-order chi connectivity index (χ1) is 8.38. The van der Waals surface area contributed by atoms with Crippen LogP contribution < -0.4 is 10.1 Å². The maximum Gasteiger partial charge on any atom is 0.122 e. The Labute approximate surface area is 112 Å². The SMILES string of the molecule is Cc1ccc(OCCCC[NH2+]C(C)(C)C)c(C)c1. The van der Waals surface area contributed by atoms with Gasteiger partial charge in [-0.3, -0.25) is 0 Å². The van der Waals surface area contributed by atoms with Gasteiger partial charge in [0.15, 0.2) is 0 Å². The van der Waals surface area contributed by atoms with Crippen LogP contribution in [-0.4, -0.2) is 18.7 Å². The number of unbranched alkanes of at least 4 members (excludes halogenated alkanes) is 1. The summed E-state index contributed by atoms with van der Waals surface area (Å²) in [6.07, 6.45) is 2.34. The van der Waals surface area contributed by atoms with Crippen LogP contribution >= 0.6 is 0 Å². The fourth-order valence-corrected chi connectivity index (χ4v) is 1.92. The number of nitrogens with two attached hydrogens (primary N) is 1. The van der Waals surface area contributed by atoms with Crippen molar-refractivity contribution in [1.82, 2.24) is 0 Å². The van der Waals surface area contributed by atoms with Crippen molar-refractivity contribution in [2.24, 2.45) is 0 Å². The van der Waals surface area contributed by atoms with Gasteiger partial charge in [-0.25, -0.2) is 0 Å². The molecular formula is C16H28NO+. The second-order valence-electron chi connectivity index (χ2n) is 6.18. The Kier molecular flexibility index (Phi) is 5.67. The lowest BCUT2D eigenvalue weighted by molar-refractivity contribution is -0.717. The molecule has 0 aromatic heterocycles. The molecule has 0 spiro atoms. The predicted molar refractivity (Wildman–Crippen MR) is 77.2 cm³/mol. The van der Waals surface area contributed by atoms with Gasteiger partial charge in [0.05, 0.1) is 18.7 Å². The van der Waals surface area contributed by atoms with Gasteiger partial charge < -0.3 is 10.1 Å². The maximum atomic E-state index is 5.81. The summed E-state index contributed by atoms with van der Waals surface area (Å²) in [5, 5.41) is 2.39. The molecule has 0 heterocycles. The summed E-state index contributed by atoms with van der Waals surface area (Å²) in [5.74, 6) is 1.03. The van der Waals surface area contributed by atoms with E-state index in [2.05, 4.69) is 58.1 Å². The Morgan fingerprint density at radius 2 is 1.83 bits per heavy atom. The summed E-state index contributed by atoms with van der Waals surface area (Å²) >= 11 is 0. The van der Waals surface area contributed by atoms with E-state index < -0.39 is 0 Å². The quantitative estimate of drug-likeness (QED) is 0.772. The highest BCUT2D eigenvalue weighted by atomic mass is 16.5. The standard InChI is InChI=1S/C16H27NO/c1-13-8-9-15(14(2)12-13)18-11-7-6-10-17-16(3,4)5/h8-9,12,17H,6-7,10-11H2,1-5H3/p+1. The summed E-state index contributed by atoms with van der Waals surface area (Å²) in [5.41, 5.74) is 2.87. The number of ether oxygens (including phenoxy) is 1. The molecule has 18 heavy (non-hydrogen) atoms. The van der Waals surface area contributed by atoms with E-state index in [4.69, 9.17) is 4.74 Å². The van der Waals surface area contributed by atoms with Crippen LogP contribution in [0.1, 0.15) is 44.7 Å². The van der Waals surface area contributed by atoms with E-state index in [1.54, 1.807) is 0 Å². The Balaban J connectivity index is 2.18. The second-order valence-corrected chi connectivity index (χ2v) is 6.18. The van der Waals surface area contributed by atoms with E-state index >= 15 is 0 Å². The van der Waals surface area contributed by atoms with Gasteiger partial charge in [-0.05, 0) is 59.1 Å². The molecular weight excluding hydrogens is 222 g/mol. The van der Waals surface area contributed by atoms with Gasteiger partial charge in [0.2, 0.25) is 0 Å². The van der Waals surface area contributed by atoms with E-state index in [1.807, 2.05) is 0 Å². The minimum atomic E-state index is 0.342. The lowest BCUT2D eigenvalue weighted by atomic mass is 10.1. The number of benzene rings is 1. The highest BCUT2D eigenvalue weighted by molar-refractivity contribution is 5.35. The minimum Gasteiger partial charge on any atom is -0.493 e. The number of rotatable bonds is 6. The molecule has 0 aliphatic carbocycles. The van der Waals surface area contributed by atoms with Gasteiger partial charge in [0, 0.05) is 0 Å². The first-order valence-corrected chi connectivity index (χ1v) is 6.93. The van der Waals surface area contributed by atoms with Crippen molar-refractivity contribution in [3.63, 3.8) is 0 Å². The lowest BCUT2D eigenvalue weighted by Gasteiger charge is -2.16. The molecule has 102 valence electrons. The van der Waals surface area contributed by atoms with E-state index in [0.29, 0.717) is 5.54 Å². The van der Waals surface area contributed by atoms with Crippen molar-refractivity contribution >= 4 is 0 Å². The average molecular weight is 250 g/mol. The molecule has 0 saturated heterocycles. The number of aryl methyl sites for hydroxylation is 2. The molecule has 0 aliphatic rings. The molecule has 2 N–H and O–H groups in total. The summed E-state index contributed by atoms with van der Waals surface area (Å²) < 4.78 is 5.81. The fourth-order valence-electron chi connectivity index (χ4n) is 1.92.